The molecule has 0 fully saturated rings. The number of aromatic nitrogens is 2. The Bertz CT molecular complexity index is 645. The van der Waals surface area contributed by atoms with E-state index in [4.69, 9.17) is 0 Å². The number of nitrogens with zero attached hydrogens (tertiary/aromatic N) is 1. The summed E-state index contributed by atoms with van der Waals surface area (Å²) < 4.78 is 0. The number of H-pyrrole nitrogens is 1. The van der Waals surface area contributed by atoms with Crippen LogP contribution in [0, 0.1) is 6.92 Å². The first kappa shape index (κ1) is 13.5. The minimum Gasteiger partial charge on any atom is -0.326 e. The summed E-state index contributed by atoms with van der Waals surface area (Å²) >= 11 is 1.43. The van der Waals surface area contributed by atoms with Gasteiger partial charge in [0.1, 0.15) is 5.56 Å². The Labute approximate surface area is 114 Å². The van der Waals surface area contributed by atoms with Crippen molar-refractivity contribution in [2.45, 2.75) is 26.7 Å². The van der Waals surface area contributed by atoms with Gasteiger partial charge < -0.3 is 4.98 Å². The topological polar surface area (TPSA) is 74.8 Å². The van der Waals surface area contributed by atoms with Gasteiger partial charge in [-0.3, -0.25) is 14.9 Å². The first-order valence-electron chi connectivity index (χ1n) is 6.06. The fraction of sp³-hybridized carbons (Fsp3) is 0.308. The Balaban J connectivity index is 2.13. The lowest BCUT2D eigenvalue weighted by atomic mass is 10.2. The minimum absolute atomic E-state index is 0.0952. The van der Waals surface area contributed by atoms with E-state index in [-0.39, 0.29) is 11.1 Å². The molecule has 2 N–H and O–H groups in total. The van der Waals surface area contributed by atoms with E-state index < -0.39 is 5.91 Å². The third kappa shape index (κ3) is 3.29. The van der Waals surface area contributed by atoms with Gasteiger partial charge in [-0.05, 0) is 25.5 Å². The van der Waals surface area contributed by atoms with Crippen LogP contribution in [0.3, 0.4) is 0 Å². The van der Waals surface area contributed by atoms with Crippen LogP contribution in [0.25, 0.3) is 0 Å². The first-order valence-corrected chi connectivity index (χ1v) is 6.87. The predicted octanol–water partition coefficient (Wildman–Crippen LogP) is 2.34. The smallest absolute Gasteiger partial charge is 0.263 e. The van der Waals surface area contributed by atoms with Gasteiger partial charge in [0.25, 0.3) is 11.5 Å². The number of hydrogen-bond donors (Lipinski definition) is 2. The highest BCUT2D eigenvalue weighted by Crippen LogP contribution is 2.19. The molecule has 5 nitrogen and oxygen atoms in total. The van der Waals surface area contributed by atoms with Crippen LogP contribution < -0.4 is 10.9 Å². The molecule has 6 heteroatoms. The molecule has 0 spiro atoms. The van der Waals surface area contributed by atoms with E-state index in [0.717, 1.165) is 23.4 Å². The molecule has 0 saturated heterocycles. The molecule has 2 heterocycles. The molecule has 0 atom stereocenters. The summed E-state index contributed by atoms with van der Waals surface area (Å²) in [5.74, 6) is -0.432. The molecule has 2 aromatic rings. The summed E-state index contributed by atoms with van der Waals surface area (Å²) in [6.45, 7) is 3.85. The van der Waals surface area contributed by atoms with Gasteiger partial charge in [-0.1, -0.05) is 13.3 Å². The zero-order chi connectivity index (χ0) is 13.8. The zero-order valence-corrected chi connectivity index (χ0v) is 11.6. The van der Waals surface area contributed by atoms with Crippen LogP contribution in [0.2, 0.25) is 0 Å². The van der Waals surface area contributed by atoms with Gasteiger partial charge in [0.05, 0.1) is 0 Å². The number of rotatable bonds is 4. The van der Waals surface area contributed by atoms with Gasteiger partial charge in [-0.25, -0.2) is 4.98 Å². The second-order valence-electron chi connectivity index (χ2n) is 4.22. The van der Waals surface area contributed by atoms with Crippen molar-refractivity contribution in [3.63, 3.8) is 0 Å². The van der Waals surface area contributed by atoms with E-state index >= 15 is 0 Å². The number of nitrogens with one attached hydrogen (secondary N) is 2. The number of carbonyl (C=O) groups is 1. The van der Waals surface area contributed by atoms with Crippen LogP contribution in [0.5, 0.6) is 0 Å². The zero-order valence-electron chi connectivity index (χ0n) is 10.8. The lowest BCUT2D eigenvalue weighted by Crippen LogP contribution is -2.23. The summed E-state index contributed by atoms with van der Waals surface area (Å²) in [5.41, 5.74) is 0.432. The van der Waals surface area contributed by atoms with E-state index in [1.807, 2.05) is 0 Å². The lowest BCUT2D eigenvalue weighted by Gasteiger charge is -2.01. The third-order valence-electron chi connectivity index (χ3n) is 2.57. The number of aryl methyl sites for hydroxylation is 2. The molecule has 0 aromatic carbocycles. The fourth-order valence-electron chi connectivity index (χ4n) is 1.64. The number of pyridine rings is 1. The Morgan fingerprint density at radius 3 is 2.95 bits per heavy atom. The van der Waals surface area contributed by atoms with Gasteiger partial charge in [-0.15, -0.1) is 11.3 Å². The second-order valence-corrected chi connectivity index (χ2v) is 5.34. The van der Waals surface area contributed by atoms with Crippen molar-refractivity contribution in [1.29, 1.82) is 0 Å². The van der Waals surface area contributed by atoms with E-state index in [9.17, 15) is 9.59 Å². The molecule has 0 saturated carbocycles. The van der Waals surface area contributed by atoms with Gasteiger partial charge in [-0.2, -0.15) is 0 Å². The molecular weight excluding hydrogens is 262 g/mol. The van der Waals surface area contributed by atoms with Crippen LogP contribution in [0.15, 0.2) is 23.1 Å². The van der Waals surface area contributed by atoms with E-state index in [1.54, 1.807) is 19.2 Å². The highest BCUT2D eigenvalue weighted by Gasteiger charge is 2.12. The molecule has 1 amide bonds. The van der Waals surface area contributed by atoms with Crippen molar-refractivity contribution < 1.29 is 4.79 Å². The van der Waals surface area contributed by atoms with Crippen LogP contribution in [-0.2, 0) is 6.42 Å². The molecule has 100 valence electrons. The molecule has 19 heavy (non-hydrogen) atoms. The van der Waals surface area contributed by atoms with Crippen molar-refractivity contribution in [3.8, 4) is 0 Å². The molecule has 0 aliphatic carbocycles. The Morgan fingerprint density at radius 2 is 2.26 bits per heavy atom. The SMILES string of the molecule is CCCc1cnc(NC(=O)c2ccc(C)[nH]c2=O)s1. The highest BCUT2D eigenvalue weighted by molar-refractivity contribution is 7.15. The summed E-state index contributed by atoms with van der Waals surface area (Å²) in [7, 11) is 0. The molecule has 0 bridgehead atoms. The van der Waals surface area contributed by atoms with E-state index in [2.05, 4.69) is 22.2 Å². The van der Waals surface area contributed by atoms with Crippen molar-refractivity contribution in [1.82, 2.24) is 9.97 Å². The summed E-state index contributed by atoms with van der Waals surface area (Å²) in [6.07, 6.45) is 3.73. The number of anilines is 1. The standard InChI is InChI=1S/C13H15N3O2S/c1-3-4-9-7-14-13(19-9)16-12(18)10-6-5-8(2)15-11(10)17/h5-7H,3-4H2,1-2H3,(H,15,17)(H,14,16,18). The lowest BCUT2D eigenvalue weighted by molar-refractivity contribution is 0.102. The summed E-state index contributed by atoms with van der Waals surface area (Å²) in [5, 5.41) is 3.17. The number of hydrogen-bond acceptors (Lipinski definition) is 4. The Morgan fingerprint density at radius 1 is 1.47 bits per heavy atom. The van der Waals surface area contributed by atoms with Crippen LogP contribution in [-0.4, -0.2) is 15.9 Å². The minimum atomic E-state index is -0.432. The van der Waals surface area contributed by atoms with Crippen molar-refractivity contribution in [2.24, 2.45) is 0 Å². The second kappa shape index (κ2) is 5.79. The van der Waals surface area contributed by atoms with Crippen molar-refractivity contribution in [2.75, 3.05) is 5.32 Å². The fourth-order valence-corrected chi connectivity index (χ4v) is 2.55. The van der Waals surface area contributed by atoms with Gasteiger partial charge in [0.2, 0.25) is 0 Å². The molecule has 0 unspecified atom stereocenters. The van der Waals surface area contributed by atoms with Gasteiger partial charge >= 0.3 is 0 Å². The van der Waals surface area contributed by atoms with Crippen LogP contribution in [0.1, 0.15) is 34.3 Å². The summed E-state index contributed by atoms with van der Waals surface area (Å²) in [6, 6.07) is 3.21. The monoisotopic (exact) mass is 277 g/mol. The molecule has 0 aliphatic heterocycles. The quantitative estimate of drug-likeness (QED) is 0.900. The summed E-state index contributed by atoms with van der Waals surface area (Å²) in [4.78, 5) is 31.4. The van der Waals surface area contributed by atoms with Crippen molar-refractivity contribution >= 4 is 22.4 Å². The Hall–Kier alpha value is -1.95. The normalized spacial score (nSPS) is 10.4. The first-order chi connectivity index (χ1) is 9.10. The van der Waals surface area contributed by atoms with E-state index in [1.165, 1.54) is 17.4 Å². The number of aromatic amines is 1. The maximum atomic E-state index is 11.9. The third-order valence-corrected chi connectivity index (χ3v) is 3.54. The van der Waals surface area contributed by atoms with Gasteiger partial charge in [0.15, 0.2) is 5.13 Å². The predicted molar refractivity (Wildman–Crippen MR) is 75.9 cm³/mol. The average molecular weight is 277 g/mol. The van der Waals surface area contributed by atoms with Gasteiger partial charge in [0, 0.05) is 16.8 Å². The van der Waals surface area contributed by atoms with Crippen molar-refractivity contribution in [3.05, 3.63) is 44.8 Å². The molecule has 2 aromatic heterocycles. The van der Waals surface area contributed by atoms with Crippen LogP contribution >= 0.6 is 11.3 Å². The van der Waals surface area contributed by atoms with Crippen LogP contribution in [0.4, 0.5) is 5.13 Å². The van der Waals surface area contributed by atoms with E-state index in [0.29, 0.717) is 5.13 Å². The Kier molecular flexibility index (Phi) is 4.11. The highest BCUT2D eigenvalue weighted by atomic mass is 32.1. The largest absolute Gasteiger partial charge is 0.326 e. The maximum Gasteiger partial charge on any atom is 0.263 e. The number of thiazole rings is 1. The maximum absolute atomic E-state index is 11.9. The molecule has 0 aliphatic rings. The number of carbonyl (C=O) groups excluding carboxylic acids is 1. The molecule has 0 radical (unpaired) electrons. The number of amides is 1. The average Bonchev–Trinajstić information content (AvgIpc) is 2.76. The molecule has 2 rings (SSSR count). The molecular formula is C13H15N3O2S.